The predicted octanol–water partition coefficient (Wildman–Crippen LogP) is 9.67. The zero-order valence-electron chi connectivity index (χ0n) is 29.0. The molecule has 262 valence electrons. The Kier molecular flexibility index (Phi) is 15.0. The van der Waals surface area contributed by atoms with Gasteiger partial charge in [0.1, 0.15) is 17.2 Å². The summed E-state index contributed by atoms with van der Waals surface area (Å²) in [5.41, 5.74) is 3.18. The molecule has 4 aromatic rings. The first-order valence-corrected chi connectivity index (χ1v) is 17.2. The summed E-state index contributed by atoms with van der Waals surface area (Å²) in [6, 6.07) is 27.6. The fourth-order valence-electron chi connectivity index (χ4n) is 4.90. The topological polar surface area (TPSA) is 116 Å². The molecule has 0 amide bonds. The van der Waals surface area contributed by atoms with Gasteiger partial charge >= 0.3 is 17.9 Å². The zero-order valence-corrected chi connectivity index (χ0v) is 29.0. The fraction of sp³-hybridized carbons (Fsp3) is 0.325. The number of azo groups is 1. The van der Waals surface area contributed by atoms with E-state index in [9.17, 15) is 14.4 Å². The van der Waals surface area contributed by atoms with Gasteiger partial charge in [-0.15, -0.1) is 0 Å². The molecular weight excluding hydrogens is 634 g/mol. The number of hydrogen-bond acceptors (Lipinski definition) is 10. The lowest BCUT2D eigenvalue weighted by molar-refractivity contribution is -0.143. The van der Waals surface area contributed by atoms with Crippen molar-refractivity contribution in [1.29, 1.82) is 0 Å². The van der Waals surface area contributed by atoms with Crippen LogP contribution in [0.2, 0.25) is 0 Å². The third kappa shape index (κ3) is 12.2. The number of ether oxygens (including phenoxy) is 4. The number of carbonyl (C=O) groups is 3. The Morgan fingerprint density at radius 3 is 1.52 bits per heavy atom. The SMILES string of the molecule is CCCC(=O)OCCCCCCOc1ccc(C(=O)Oc2ccc(C(=O)Oc3ccc(N=Nc4ccc(N(CC)CC)cc4)cc3)cc2)cc1. The van der Waals surface area contributed by atoms with E-state index in [0.717, 1.165) is 56.6 Å². The second kappa shape index (κ2) is 20.1. The number of benzene rings is 4. The normalized spacial score (nSPS) is 10.9. The highest BCUT2D eigenvalue weighted by atomic mass is 16.5. The maximum absolute atomic E-state index is 12.7. The Morgan fingerprint density at radius 1 is 0.560 bits per heavy atom. The molecule has 0 saturated carbocycles. The lowest BCUT2D eigenvalue weighted by Gasteiger charge is -2.20. The molecule has 10 nitrogen and oxygen atoms in total. The second-order valence-electron chi connectivity index (χ2n) is 11.4. The van der Waals surface area contributed by atoms with E-state index >= 15 is 0 Å². The van der Waals surface area contributed by atoms with Crippen molar-refractivity contribution >= 4 is 35.0 Å². The molecule has 0 aliphatic heterocycles. The van der Waals surface area contributed by atoms with Crippen LogP contribution in [0, 0.1) is 0 Å². The van der Waals surface area contributed by atoms with Crippen molar-refractivity contribution in [3.8, 4) is 17.2 Å². The Labute approximate surface area is 294 Å². The van der Waals surface area contributed by atoms with Gasteiger partial charge < -0.3 is 23.8 Å². The summed E-state index contributed by atoms with van der Waals surface area (Å²) in [6.07, 6.45) is 4.93. The molecule has 10 heteroatoms. The molecule has 0 aliphatic carbocycles. The third-order valence-electron chi connectivity index (χ3n) is 7.72. The maximum Gasteiger partial charge on any atom is 0.343 e. The molecule has 0 spiro atoms. The van der Waals surface area contributed by atoms with Crippen LogP contribution in [0.4, 0.5) is 17.1 Å². The van der Waals surface area contributed by atoms with Crippen molar-refractivity contribution in [1.82, 2.24) is 0 Å². The second-order valence-corrected chi connectivity index (χ2v) is 11.4. The summed E-state index contributed by atoms with van der Waals surface area (Å²) >= 11 is 0. The van der Waals surface area contributed by atoms with E-state index in [1.165, 1.54) is 12.1 Å². The van der Waals surface area contributed by atoms with Crippen molar-refractivity contribution in [3.05, 3.63) is 108 Å². The number of rotatable bonds is 19. The van der Waals surface area contributed by atoms with E-state index in [4.69, 9.17) is 18.9 Å². The molecule has 0 radical (unpaired) electrons. The smallest absolute Gasteiger partial charge is 0.343 e. The molecule has 4 rings (SSSR count). The van der Waals surface area contributed by atoms with Crippen LogP contribution < -0.4 is 19.1 Å². The number of esters is 3. The van der Waals surface area contributed by atoms with E-state index in [0.29, 0.717) is 53.7 Å². The van der Waals surface area contributed by atoms with E-state index in [-0.39, 0.29) is 5.97 Å². The molecular formula is C40H45N3O7. The van der Waals surface area contributed by atoms with Crippen LogP contribution in [0.15, 0.2) is 107 Å². The van der Waals surface area contributed by atoms with Crippen LogP contribution in [-0.2, 0) is 9.53 Å². The number of unbranched alkanes of at least 4 members (excludes halogenated alkanes) is 3. The van der Waals surface area contributed by atoms with Crippen molar-refractivity contribution in [2.75, 3.05) is 31.2 Å². The van der Waals surface area contributed by atoms with Gasteiger partial charge in [0, 0.05) is 25.2 Å². The average molecular weight is 680 g/mol. The molecule has 0 heterocycles. The van der Waals surface area contributed by atoms with Crippen LogP contribution >= 0.6 is 0 Å². The Balaban J connectivity index is 1.17. The van der Waals surface area contributed by atoms with Crippen molar-refractivity contribution < 1.29 is 33.3 Å². The molecule has 0 N–H and O–H groups in total. The summed E-state index contributed by atoms with van der Waals surface area (Å²) in [4.78, 5) is 39.0. The molecule has 4 aromatic carbocycles. The molecule has 0 atom stereocenters. The summed E-state index contributed by atoms with van der Waals surface area (Å²) in [5.74, 6) is 0.112. The van der Waals surface area contributed by atoms with Gasteiger partial charge in [0.2, 0.25) is 0 Å². The van der Waals surface area contributed by atoms with Gasteiger partial charge in [0.05, 0.1) is 35.7 Å². The highest BCUT2D eigenvalue weighted by Crippen LogP contribution is 2.25. The number of carbonyl (C=O) groups excluding carboxylic acids is 3. The monoisotopic (exact) mass is 679 g/mol. The molecule has 0 bridgehead atoms. The lowest BCUT2D eigenvalue weighted by atomic mass is 10.2. The van der Waals surface area contributed by atoms with Crippen molar-refractivity contribution in [2.24, 2.45) is 10.2 Å². The third-order valence-corrected chi connectivity index (χ3v) is 7.72. The van der Waals surface area contributed by atoms with Gasteiger partial charge in [-0.1, -0.05) is 6.92 Å². The van der Waals surface area contributed by atoms with E-state index in [2.05, 4.69) is 29.0 Å². The first-order valence-electron chi connectivity index (χ1n) is 17.2. The van der Waals surface area contributed by atoms with Crippen molar-refractivity contribution in [2.45, 2.75) is 59.3 Å². The van der Waals surface area contributed by atoms with Crippen LogP contribution in [-0.4, -0.2) is 44.2 Å². The Hall–Kier alpha value is -5.51. The number of hydrogen-bond donors (Lipinski definition) is 0. The van der Waals surface area contributed by atoms with Gasteiger partial charge in [0.15, 0.2) is 0 Å². The first kappa shape index (κ1) is 37.3. The van der Waals surface area contributed by atoms with E-state index < -0.39 is 11.9 Å². The van der Waals surface area contributed by atoms with Gasteiger partial charge in [-0.25, -0.2) is 9.59 Å². The zero-order chi connectivity index (χ0) is 35.6. The molecule has 0 saturated heterocycles. The largest absolute Gasteiger partial charge is 0.494 e. The predicted molar refractivity (Wildman–Crippen MR) is 193 cm³/mol. The molecule has 0 aromatic heterocycles. The minimum absolute atomic E-state index is 0.133. The summed E-state index contributed by atoms with van der Waals surface area (Å²) in [6.45, 7) is 9.09. The lowest BCUT2D eigenvalue weighted by Crippen LogP contribution is -2.21. The molecule has 50 heavy (non-hydrogen) atoms. The average Bonchev–Trinajstić information content (AvgIpc) is 3.14. The van der Waals surface area contributed by atoms with Gasteiger partial charge in [-0.2, -0.15) is 10.2 Å². The van der Waals surface area contributed by atoms with E-state index in [1.54, 1.807) is 60.7 Å². The van der Waals surface area contributed by atoms with Crippen LogP contribution in [0.5, 0.6) is 17.2 Å². The fourth-order valence-corrected chi connectivity index (χ4v) is 4.90. The minimum atomic E-state index is -0.547. The quantitative estimate of drug-likeness (QED) is 0.0416. The number of nitrogens with zero attached hydrogens (tertiary/aromatic N) is 3. The summed E-state index contributed by atoms with van der Waals surface area (Å²) < 4.78 is 21.9. The molecule has 0 fully saturated rings. The molecule has 0 aliphatic rings. The van der Waals surface area contributed by atoms with Crippen molar-refractivity contribution in [3.63, 3.8) is 0 Å². The molecule has 0 unspecified atom stereocenters. The minimum Gasteiger partial charge on any atom is -0.494 e. The van der Waals surface area contributed by atoms with Gasteiger partial charge in [-0.3, -0.25) is 4.79 Å². The maximum atomic E-state index is 12.7. The summed E-state index contributed by atoms with van der Waals surface area (Å²) in [5, 5.41) is 8.57. The van der Waals surface area contributed by atoms with Crippen LogP contribution in [0.3, 0.4) is 0 Å². The van der Waals surface area contributed by atoms with Gasteiger partial charge in [-0.05, 0) is 143 Å². The summed E-state index contributed by atoms with van der Waals surface area (Å²) in [7, 11) is 0. The highest BCUT2D eigenvalue weighted by molar-refractivity contribution is 5.92. The van der Waals surface area contributed by atoms with E-state index in [1.807, 2.05) is 31.2 Å². The Morgan fingerprint density at radius 2 is 1.02 bits per heavy atom. The first-order chi connectivity index (χ1) is 24.4. The highest BCUT2D eigenvalue weighted by Gasteiger charge is 2.12. The number of anilines is 1. The van der Waals surface area contributed by atoms with Gasteiger partial charge in [0.25, 0.3) is 0 Å². The standard InChI is InChI=1S/C40H45N3O7/c1-4-11-38(44)48-29-10-8-7-9-28-47-35-22-12-30(13-23-35)39(45)49-36-24-14-31(15-25-36)40(46)50-37-26-18-33(19-27-37)42-41-32-16-20-34(21-17-32)43(5-2)6-3/h12-27H,4-11,28-29H2,1-3H3. The van der Waals surface area contributed by atoms with Crippen LogP contribution in [0.1, 0.15) is 80.0 Å². The van der Waals surface area contributed by atoms with Crippen LogP contribution in [0.25, 0.3) is 0 Å². The Bertz CT molecular complexity index is 1670.